The zero-order valence-corrected chi connectivity index (χ0v) is 24.4. The Morgan fingerprint density at radius 1 is 1.16 bits per heavy atom. The number of benzene rings is 2. The van der Waals surface area contributed by atoms with Crippen LogP contribution < -0.4 is 20.3 Å². The minimum atomic E-state index is -0.466. The second-order valence-electron chi connectivity index (χ2n) is 11.4. The summed E-state index contributed by atoms with van der Waals surface area (Å²) in [5.74, 6) is 1.42. The fraction of sp³-hybridized carbons (Fsp3) is 0.290. The second-order valence-corrected chi connectivity index (χ2v) is 11.4. The number of carbonyl (C=O) groups excluding carboxylic acids is 1. The van der Waals surface area contributed by atoms with E-state index >= 15 is 4.39 Å². The summed E-state index contributed by atoms with van der Waals surface area (Å²) in [5, 5.41) is 14.3. The number of aromatic nitrogens is 6. The van der Waals surface area contributed by atoms with Crippen LogP contribution in [0.2, 0.25) is 0 Å². The lowest BCUT2D eigenvalue weighted by molar-refractivity contribution is -0.118. The zero-order chi connectivity index (χ0) is 30.3. The third-order valence-electron chi connectivity index (χ3n) is 7.92. The van der Waals surface area contributed by atoms with Gasteiger partial charge in [0.2, 0.25) is 5.91 Å². The molecule has 0 saturated carbocycles. The number of ether oxygens (including phenoxy) is 1. The van der Waals surface area contributed by atoms with Crippen LogP contribution in [0.25, 0.3) is 22.1 Å². The number of pyridine rings is 1. The minimum absolute atomic E-state index is 0.0170. The van der Waals surface area contributed by atoms with Crippen LogP contribution >= 0.6 is 0 Å². The summed E-state index contributed by atoms with van der Waals surface area (Å²) in [6.45, 7) is 10.9. The van der Waals surface area contributed by atoms with Crippen LogP contribution in [0.1, 0.15) is 25.8 Å². The van der Waals surface area contributed by atoms with E-state index in [-0.39, 0.29) is 23.1 Å². The number of rotatable bonds is 7. The highest BCUT2D eigenvalue weighted by Crippen LogP contribution is 2.35. The minimum Gasteiger partial charge on any atom is -0.457 e. The molecule has 220 valence electrons. The van der Waals surface area contributed by atoms with Crippen LogP contribution in [-0.2, 0) is 11.8 Å². The van der Waals surface area contributed by atoms with E-state index in [0.29, 0.717) is 52.5 Å². The molecule has 11 nitrogen and oxygen atoms in total. The molecule has 1 aliphatic heterocycles. The number of piperidine rings is 1. The number of anilines is 3. The maximum Gasteiger partial charge on any atom is 0.243 e. The highest BCUT2D eigenvalue weighted by Gasteiger charge is 2.37. The zero-order valence-electron chi connectivity index (χ0n) is 24.4. The van der Waals surface area contributed by atoms with Crippen molar-refractivity contribution < 1.29 is 13.9 Å². The number of aryl methyl sites for hydroxylation is 1. The van der Waals surface area contributed by atoms with E-state index in [2.05, 4.69) is 56.2 Å². The Hall–Kier alpha value is -5.13. The molecule has 0 aliphatic carbocycles. The van der Waals surface area contributed by atoms with E-state index < -0.39 is 5.82 Å². The lowest BCUT2D eigenvalue weighted by Gasteiger charge is -2.44. The molecule has 1 fully saturated rings. The van der Waals surface area contributed by atoms with Crippen LogP contribution in [0.15, 0.2) is 61.4 Å². The molecule has 0 unspecified atom stereocenters. The van der Waals surface area contributed by atoms with Gasteiger partial charge in [0, 0.05) is 43.2 Å². The summed E-state index contributed by atoms with van der Waals surface area (Å²) in [7, 11) is 1.81. The molecular weight excluding hydrogens is 549 g/mol. The topological polar surface area (TPSA) is 123 Å². The Kier molecular flexibility index (Phi) is 7.12. The van der Waals surface area contributed by atoms with Gasteiger partial charge in [-0.3, -0.25) is 4.79 Å². The molecule has 2 N–H and O–H groups in total. The number of hydrogen-bond donors (Lipinski definition) is 2. The summed E-state index contributed by atoms with van der Waals surface area (Å²) in [6, 6.07) is 12.6. The third kappa shape index (κ3) is 5.43. The van der Waals surface area contributed by atoms with E-state index in [0.717, 1.165) is 17.8 Å². The Morgan fingerprint density at radius 2 is 2.00 bits per heavy atom. The molecule has 0 bridgehead atoms. The van der Waals surface area contributed by atoms with Crippen LogP contribution in [0.3, 0.4) is 0 Å². The molecule has 1 aliphatic rings. The predicted octanol–water partition coefficient (Wildman–Crippen LogP) is 5.20. The van der Waals surface area contributed by atoms with Crippen LogP contribution in [-0.4, -0.2) is 55.0 Å². The van der Waals surface area contributed by atoms with Gasteiger partial charge in [-0.15, -0.1) is 5.10 Å². The number of nitrogens with zero attached hydrogens (tertiary/aromatic N) is 7. The van der Waals surface area contributed by atoms with Gasteiger partial charge in [-0.05, 0) is 55.8 Å². The molecule has 1 saturated heterocycles. The van der Waals surface area contributed by atoms with Gasteiger partial charge in [-0.1, -0.05) is 25.6 Å². The Balaban J connectivity index is 1.24. The van der Waals surface area contributed by atoms with Gasteiger partial charge in [-0.25, -0.2) is 24.0 Å². The average molecular weight is 582 g/mol. The van der Waals surface area contributed by atoms with Crippen molar-refractivity contribution in [2.75, 3.05) is 23.3 Å². The van der Waals surface area contributed by atoms with Crippen LogP contribution in [0.5, 0.6) is 11.5 Å². The molecule has 43 heavy (non-hydrogen) atoms. The van der Waals surface area contributed by atoms with Crippen molar-refractivity contribution in [3.63, 3.8) is 0 Å². The van der Waals surface area contributed by atoms with Crippen molar-refractivity contribution in [1.82, 2.24) is 35.3 Å². The molecule has 2 aromatic carbocycles. The number of carbonyl (C=O) groups is 1. The van der Waals surface area contributed by atoms with Gasteiger partial charge in [-0.2, -0.15) is 0 Å². The van der Waals surface area contributed by atoms with E-state index in [1.807, 2.05) is 25.2 Å². The normalized spacial score (nSPS) is 16.3. The van der Waals surface area contributed by atoms with E-state index in [9.17, 15) is 4.79 Å². The van der Waals surface area contributed by atoms with Gasteiger partial charge >= 0.3 is 0 Å². The van der Waals surface area contributed by atoms with Crippen molar-refractivity contribution in [2.45, 2.75) is 33.2 Å². The first-order chi connectivity index (χ1) is 20.6. The first-order valence-corrected chi connectivity index (χ1v) is 14.0. The van der Waals surface area contributed by atoms with Gasteiger partial charge in [0.25, 0.3) is 0 Å². The molecule has 1 atom stereocenters. The fourth-order valence-electron chi connectivity index (χ4n) is 5.46. The van der Waals surface area contributed by atoms with Crippen LogP contribution in [0, 0.1) is 18.2 Å². The van der Waals surface area contributed by atoms with Crippen molar-refractivity contribution in [2.24, 2.45) is 12.5 Å². The molecule has 12 heteroatoms. The quantitative estimate of drug-likeness (QED) is 0.250. The first-order valence-electron chi connectivity index (χ1n) is 14.0. The smallest absolute Gasteiger partial charge is 0.243 e. The predicted molar refractivity (Wildman–Crippen MR) is 163 cm³/mol. The SMILES string of the molecule is C=CC(=O)N[C@@H]1CCN(c2ccc3ncnc(Nc4ccc(Oc5ccc6c(c5)nnn6C)c(C)c4F)c3n2)CC1(C)C. The van der Waals surface area contributed by atoms with Crippen molar-refractivity contribution >= 4 is 45.3 Å². The maximum atomic E-state index is 15.6. The van der Waals surface area contributed by atoms with Crippen molar-refractivity contribution in [1.29, 1.82) is 0 Å². The fourth-order valence-corrected chi connectivity index (χ4v) is 5.46. The molecule has 5 aromatic rings. The van der Waals surface area contributed by atoms with Gasteiger partial charge in [0.05, 0.1) is 16.7 Å². The monoisotopic (exact) mass is 581 g/mol. The van der Waals surface area contributed by atoms with Gasteiger partial charge < -0.3 is 20.3 Å². The number of amides is 1. The summed E-state index contributed by atoms with van der Waals surface area (Å²) >= 11 is 0. The standard InChI is InChI=1S/C31H32FN9O2/c1-6-27(42)36-25-13-14-41(16-31(25,3)4)26-12-9-21-29(37-26)30(34-17-33-21)35-20-8-11-24(18(2)28(20)32)43-19-7-10-23-22(15-19)38-39-40(23)5/h6-12,15,17,25H,1,13-14,16H2,2-5H3,(H,36,42)(H,33,34,35)/t25-/m1/s1. The number of fused-ring (bicyclic) bond motifs is 2. The highest BCUT2D eigenvalue weighted by molar-refractivity contribution is 5.88. The molecule has 6 rings (SSSR count). The Morgan fingerprint density at radius 3 is 2.79 bits per heavy atom. The summed E-state index contributed by atoms with van der Waals surface area (Å²) in [6.07, 6.45) is 3.48. The second kappa shape index (κ2) is 10.9. The van der Waals surface area contributed by atoms with Crippen molar-refractivity contribution in [3.8, 4) is 11.5 Å². The Bertz CT molecular complexity index is 1870. The Labute approximate surface area is 247 Å². The highest BCUT2D eigenvalue weighted by atomic mass is 19.1. The lowest BCUT2D eigenvalue weighted by Crippen LogP contribution is -2.55. The van der Waals surface area contributed by atoms with Crippen LogP contribution in [0.4, 0.5) is 21.7 Å². The maximum absolute atomic E-state index is 15.6. The molecule has 3 aromatic heterocycles. The molecule has 1 amide bonds. The number of hydrogen-bond acceptors (Lipinski definition) is 9. The largest absolute Gasteiger partial charge is 0.457 e. The summed E-state index contributed by atoms with van der Waals surface area (Å²) < 4.78 is 23.3. The number of halogens is 1. The third-order valence-corrected chi connectivity index (χ3v) is 7.92. The summed E-state index contributed by atoms with van der Waals surface area (Å²) in [4.78, 5) is 27.8. The molecule has 0 radical (unpaired) electrons. The molecule has 4 heterocycles. The first kappa shape index (κ1) is 28.0. The molecular formula is C31H32FN9O2. The van der Waals surface area contributed by atoms with E-state index in [1.165, 1.54) is 12.4 Å². The van der Waals surface area contributed by atoms with Gasteiger partial charge in [0.1, 0.15) is 34.7 Å². The molecule has 0 spiro atoms. The van der Waals surface area contributed by atoms with Gasteiger partial charge in [0.15, 0.2) is 11.6 Å². The van der Waals surface area contributed by atoms with Crippen molar-refractivity contribution in [3.05, 3.63) is 72.8 Å². The van der Waals surface area contributed by atoms with E-state index in [1.54, 1.807) is 35.9 Å². The lowest BCUT2D eigenvalue weighted by atomic mass is 9.79. The summed E-state index contributed by atoms with van der Waals surface area (Å²) in [5.41, 5.74) is 3.08. The van der Waals surface area contributed by atoms with E-state index in [4.69, 9.17) is 9.72 Å². The number of nitrogens with one attached hydrogen (secondary N) is 2. The average Bonchev–Trinajstić information content (AvgIpc) is 3.37.